The summed E-state index contributed by atoms with van der Waals surface area (Å²) in [4.78, 5) is 19.4. The predicted molar refractivity (Wildman–Crippen MR) is 105 cm³/mol. The van der Waals surface area contributed by atoms with Crippen LogP contribution in [0.25, 0.3) is 10.2 Å². The highest BCUT2D eigenvalue weighted by molar-refractivity contribution is 7.21. The lowest BCUT2D eigenvalue weighted by Gasteiger charge is -2.35. The second kappa shape index (κ2) is 8.20. The molecule has 0 aliphatic carbocycles. The summed E-state index contributed by atoms with van der Waals surface area (Å²) >= 11 is 1.25. The van der Waals surface area contributed by atoms with Gasteiger partial charge in [-0.15, -0.1) is 11.3 Å². The van der Waals surface area contributed by atoms with Crippen molar-refractivity contribution in [2.75, 3.05) is 36.9 Å². The molecule has 1 amide bonds. The Balaban J connectivity index is 1.81. The highest BCUT2D eigenvalue weighted by Gasteiger charge is 2.25. The molecule has 0 aromatic carbocycles. The molecule has 3 rings (SSSR count). The number of carbonyl (C=O) groups excluding carboxylic acids is 1. The van der Waals surface area contributed by atoms with Crippen LogP contribution in [0.5, 0.6) is 0 Å². The smallest absolute Gasteiger partial charge is 0.260 e. The number of pyridine rings is 1. The zero-order chi connectivity index (χ0) is 18.7. The van der Waals surface area contributed by atoms with E-state index in [-0.39, 0.29) is 12.7 Å². The lowest BCUT2D eigenvalue weighted by molar-refractivity contribution is 0.0245. The molecule has 142 valence electrons. The van der Waals surface area contributed by atoms with Crippen molar-refractivity contribution in [3.8, 4) is 0 Å². The molecule has 2 aromatic rings. The van der Waals surface area contributed by atoms with Gasteiger partial charge in [0.25, 0.3) is 5.91 Å². The van der Waals surface area contributed by atoms with Crippen molar-refractivity contribution < 1.29 is 14.6 Å². The molecule has 7 nitrogen and oxygen atoms in total. The Kier molecular flexibility index (Phi) is 5.95. The summed E-state index contributed by atoms with van der Waals surface area (Å²) in [5, 5.41) is 9.73. The standard InChI is InChI=1S/C18H26N4O3S/c1-11(25-8-7-23)9-12-3-2-6-22(10-12)13-4-5-21-18-14(13)15(19)16(26-18)17(20)24/h4-5,11-12,23H,2-3,6-10,19H2,1H3,(H2,20,24). The first-order valence-electron chi connectivity index (χ1n) is 8.95. The molecule has 1 aliphatic heterocycles. The van der Waals surface area contributed by atoms with Gasteiger partial charge in [-0.3, -0.25) is 4.79 Å². The lowest BCUT2D eigenvalue weighted by atomic mass is 9.92. The SMILES string of the molecule is CC(CC1CCCN(c2ccnc3sc(C(N)=O)c(N)c23)C1)OCCO. The number of hydrogen-bond donors (Lipinski definition) is 3. The van der Waals surface area contributed by atoms with Crippen LogP contribution in [-0.2, 0) is 4.74 Å². The molecule has 0 radical (unpaired) electrons. The normalized spacial score (nSPS) is 19.0. The summed E-state index contributed by atoms with van der Waals surface area (Å²) in [6.45, 7) is 4.34. The monoisotopic (exact) mass is 378 g/mol. The fraction of sp³-hybridized carbons (Fsp3) is 0.556. The minimum atomic E-state index is -0.511. The second-order valence-electron chi connectivity index (χ2n) is 6.81. The highest BCUT2D eigenvalue weighted by Crippen LogP contribution is 2.39. The molecule has 8 heteroatoms. The Morgan fingerprint density at radius 3 is 3.12 bits per heavy atom. The lowest BCUT2D eigenvalue weighted by Crippen LogP contribution is -2.37. The van der Waals surface area contributed by atoms with E-state index in [1.54, 1.807) is 6.20 Å². The van der Waals surface area contributed by atoms with Crippen molar-refractivity contribution in [1.82, 2.24) is 4.98 Å². The Hall–Kier alpha value is -1.90. The van der Waals surface area contributed by atoms with Gasteiger partial charge in [0, 0.05) is 19.3 Å². The van der Waals surface area contributed by atoms with Crippen LogP contribution in [0.3, 0.4) is 0 Å². The van der Waals surface area contributed by atoms with E-state index in [4.69, 9.17) is 21.3 Å². The molecule has 2 unspecified atom stereocenters. The van der Waals surface area contributed by atoms with Gasteiger partial charge in [0.05, 0.1) is 36.1 Å². The molecule has 1 saturated heterocycles. The molecule has 1 aliphatic rings. The number of rotatable bonds is 7. The maximum absolute atomic E-state index is 11.6. The van der Waals surface area contributed by atoms with Gasteiger partial charge in [-0.2, -0.15) is 0 Å². The molecular weight excluding hydrogens is 352 g/mol. The molecule has 2 atom stereocenters. The Morgan fingerprint density at radius 1 is 1.58 bits per heavy atom. The number of primary amides is 1. The van der Waals surface area contributed by atoms with E-state index in [2.05, 4.69) is 16.8 Å². The van der Waals surface area contributed by atoms with Crippen LogP contribution < -0.4 is 16.4 Å². The van der Waals surface area contributed by atoms with Crippen LogP contribution in [-0.4, -0.2) is 48.4 Å². The van der Waals surface area contributed by atoms with E-state index in [1.165, 1.54) is 11.3 Å². The number of ether oxygens (including phenoxy) is 1. The number of aromatic nitrogens is 1. The molecule has 26 heavy (non-hydrogen) atoms. The molecule has 5 N–H and O–H groups in total. The number of aliphatic hydroxyl groups excluding tert-OH is 1. The topological polar surface area (TPSA) is 115 Å². The summed E-state index contributed by atoms with van der Waals surface area (Å²) in [7, 11) is 0. The molecule has 0 bridgehead atoms. The Labute approximate surface area is 156 Å². The van der Waals surface area contributed by atoms with Gasteiger partial charge in [0.2, 0.25) is 0 Å². The predicted octanol–water partition coefficient (Wildman–Crippen LogP) is 1.98. The third kappa shape index (κ3) is 3.92. The third-order valence-corrected chi connectivity index (χ3v) is 5.98. The van der Waals surface area contributed by atoms with Crippen molar-refractivity contribution in [3.63, 3.8) is 0 Å². The molecule has 0 saturated carbocycles. The first-order chi connectivity index (χ1) is 12.5. The zero-order valence-electron chi connectivity index (χ0n) is 15.0. The van der Waals surface area contributed by atoms with Gasteiger partial charge < -0.3 is 26.2 Å². The van der Waals surface area contributed by atoms with Crippen LogP contribution >= 0.6 is 11.3 Å². The van der Waals surface area contributed by atoms with E-state index in [9.17, 15) is 4.79 Å². The van der Waals surface area contributed by atoms with Crippen LogP contribution in [0.15, 0.2) is 12.3 Å². The number of fused-ring (bicyclic) bond motifs is 1. The summed E-state index contributed by atoms with van der Waals surface area (Å²) in [6, 6.07) is 1.96. The molecule has 0 spiro atoms. The number of nitrogens with two attached hydrogens (primary N) is 2. The Morgan fingerprint density at radius 2 is 2.38 bits per heavy atom. The number of amides is 1. The fourth-order valence-corrected chi connectivity index (χ4v) is 4.68. The van der Waals surface area contributed by atoms with Crippen molar-refractivity contribution in [2.45, 2.75) is 32.3 Å². The quantitative estimate of drug-likeness (QED) is 0.679. The minimum absolute atomic E-state index is 0.0513. The number of piperidine rings is 1. The molecule has 2 aromatic heterocycles. The largest absolute Gasteiger partial charge is 0.397 e. The number of aliphatic hydroxyl groups is 1. The van der Waals surface area contributed by atoms with Gasteiger partial charge in [-0.25, -0.2) is 4.98 Å². The fourth-order valence-electron chi connectivity index (χ4n) is 3.74. The maximum Gasteiger partial charge on any atom is 0.260 e. The number of anilines is 2. The van der Waals surface area contributed by atoms with Crippen LogP contribution in [0, 0.1) is 5.92 Å². The van der Waals surface area contributed by atoms with E-state index in [0.29, 0.717) is 23.1 Å². The number of hydrogen-bond acceptors (Lipinski definition) is 7. The van der Waals surface area contributed by atoms with Gasteiger partial charge in [0.15, 0.2) is 0 Å². The van der Waals surface area contributed by atoms with E-state index >= 15 is 0 Å². The maximum atomic E-state index is 11.6. The van der Waals surface area contributed by atoms with Gasteiger partial charge in [-0.05, 0) is 38.2 Å². The van der Waals surface area contributed by atoms with Crippen molar-refractivity contribution in [2.24, 2.45) is 11.7 Å². The van der Waals surface area contributed by atoms with E-state index in [1.807, 2.05) is 6.07 Å². The van der Waals surface area contributed by atoms with Gasteiger partial charge >= 0.3 is 0 Å². The van der Waals surface area contributed by atoms with E-state index < -0.39 is 5.91 Å². The summed E-state index contributed by atoms with van der Waals surface area (Å²) in [6.07, 6.45) is 5.08. The third-order valence-electron chi connectivity index (χ3n) is 4.85. The van der Waals surface area contributed by atoms with Gasteiger partial charge in [0.1, 0.15) is 9.71 Å². The second-order valence-corrected chi connectivity index (χ2v) is 7.81. The Bertz CT molecular complexity index is 779. The number of nitrogens with zero attached hydrogens (tertiary/aromatic N) is 2. The van der Waals surface area contributed by atoms with Crippen molar-refractivity contribution in [3.05, 3.63) is 17.1 Å². The number of thiophene rings is 1. The van der Waals surface area contributed by atoms with Crippen LogP contribution in [0.1, 0.15) is 35.9 Å². The van der Waals surface area contributed by atoms with Crippen molar-refractivity contribution in [1.29, 1.82) is 0 Å². The molecule has 3 heterocycles. The van der Waals surface area contributed by atoms with Gasteiger partial charge in [-0.1, -0.05) is 0 Å². The minimum Gasteiger partial charge on any atom is -0.397 e. The first-order valence-corrected chi connectivity index (χ1v) is 9.77. The van der Waals surface area contributed by atoms with Crippen LogP contribution in [0.4, 0.5) is 11.4 Å². The molecule has 1 fully saturated rings. The average molecular weight is 378 g/mol. The number of carbonyl (C=O) groups is 1. The first kappa shape index (κ1) is 18.9. The summed E-state index contributed by atoms with van der Waals surface area (Å²) in [5.41, 5.74) is 13.1. The van der Waals surface area contributed by atoms with E-state index in [0.717, 1.165) is 48.3 Å². The van der Waals surface area contributed by atoms with Crippen LogP contribution in [0.2, 0.25) is 0 Å². The highest BCUT2D eigenvalue weighted by atomic mass is 32.1. The average Bonchev–Trinajstić information content (AvgIpc) is 2.97. The summed E-state index contributed by atoms with van der Waals surface area (Å²) < 4.78 is 5.61. The van der Waals surface area contributed by atoms with Crippen molar-refractivity contribution >= 4 is 38.8 Å². The molecular formula is C18H26N4O3S. The number of nitrogen functional groups attached to an aromatic ring is 1. The summed E-state index contributed by atoms with van der Waals surface area (Å²) in [5.74, 6) is -0.000966. The zero-order valence-corrected chi connectivity index (χ0v) is 15.8.